The molecule has 0 unspecified atom stereocenters. The summed E-state index contributed by atoms with van der Waals surface area (Å²) in [7, 11) is 0. The highest BCUT2D eigenvalue weighted by Gasteiger charge is 2.54. The Bertz CT molecular complexity index is 712. The van der Waals surface area contributed by atoms with Crippen molar-refractivity contribution in [2.75, 3.05) is 0 Å². The number of carbonyl (C=O) groups excluding carboxylic acids is 2. The zero-order valence-corrected chi connectivity index (χ0v) is 12.9. The molecule has 3 rings (SSSR count). The number of benzene rings is 1. The van der Waals surface area contributed by atoms with Gasteiger partial charge in [0.15, 0.2) is 0 Å². The first-order chi connectivity index (χ1) is 11.0. The average molecular weight is 315 g/mol. The van der Waals surface area contributed by atoms with Crippen LogP contribution in [0.1, 0.15) is 43.7 Å². The fourth-order valence-electron chi connectivity index (χ4n) is 3.57. The van der Waals surface area contributed by atoms with Gasteiger partial charge in [0, 0.05) is 5.56 Å². The van der Waals surface area contributed by atoms with Gasteiger partial charge >= 0.3 is 6.03 Å². The predicted molar refractivity (Wildman–Crippen MR) is 80.6 cm³/mol. The summed E-state index contributed by atoms with van der Waals surface area (Å²) in [5.41, 5.74) is -0.374. The van der Waals surface area contributed by atoms with Crippen LogP contribution in [0.25, 0.3) is 0 Å². The third-order valence-corrected chi connectivity index (χ3v) is 5.00. The van der Waals surface area contributed by atoms with Gasteiger partial charge in [0.2, 0.25) is 0 Å². The van der Waals surface area contributed by atoms with Crippen LogP contribution in [-0.2, 0) is 11.3 Å². The molecule has 3 amide bonds. The number of amides is 3. The highest BCUT2D eigenvalue weighted by Crippen LogP contribution is 2.38. The van der Waals surface area contributed by atoms with E-state index >= 15 is 0 Å². The monoisotopic (exact) mass is 315 g/mol. The smallest absolute Gasteiger partial charge is 0.323 e. The van der Waals surface area contributed by atoms with Crippen molar-refractivity contribution in [2.45, 2.75) is 44.7 Å². The lowest BCUT2D eigenvalue weighted by atomic mass is 9.73. The lowest BCUT2D eigenvalue weighted by molar-refractivity contribution is -0.134. The van der Waals surface area contributed by atoms with E-state index in [1.54, 1.807) is 0 Å². The van der Waals surface area contributed by atoms with Crippen molar-refractivity contribution >= 4 is 11.9 Å². The van der Waals surface area contributed by atoms with Crippen LogP contribution in [0, 0.1) is 23.1 Å². The summed E-state index contributed by atoms with van der Waals surface area (Å²) >= 11 is 0. The number of hydrogen-bond donors (Lipinski definition) is 1. The summed E-state index contributed by atoms with van der Waals surface area (Å²) in [6, 6.07) is 5.39. The molecular formula is C17H18FN3O2. The maximum Gasteiger partial charge on any atom is 0.325 e. The van der Waals surface area contributed by atoms with Crippen molar-refractivity contribution in [1.82, 2.24) is 10.2 Å². The van der Waals surface area contributed by atoms with Crippen LogP contribution < -0.4 is 5.32 Å². The number of imide groups is 1. The van der Waals surface area contributed by atoms with E-state index in [4.69, 9.17) is 5.26 Å². The number of nitriles is 1. The minimum atomic E-state index is -0.849. The molecule has 0 aromatic heterocycles. The second kappa shape index (κ2) is 5.65. The van der Waals surface area contributed by atoms with Crippen molar-refractivity contribution in [3.8, 4) is 6.07 Å². The first-order valence-corrected chi connectivity index (χ1v) is 7.80. The van der Waals surface area contributed by atoms with E-state index in [1.165, 1.54) is 18.2 Å². The number of hydrogen-bond acceptors (Lipinski definition) is 3. The number of rotatable bonds is 2. The van der Waals surface area contributed by atoms with Crippen molar-refractivity contribution < 1.29 is 14.0 Å². The first-order valence-electron chi connectivity index (χ1n) is 7.80. The van der Waals surface area contributed by atoms with Gasteiger partial charge < -0.3 is 5.32 Å². The summed E-state index contributed by atoms with van der Waals surface area (Å²) in [6.07, 6.45) is 3.45. The van der Waals surface area contributed by atoms with Crippen LogP contribution in [0.3, 0.4) is 0 Å². The van der Waals surface area contributed by atoms with Crippen LogP contribution in [0.2, 0.25) is 0 Å². The molecule has 1 saturated heterocycles. The van der Waals surface area contributed by atoms with Crippen LogP contribution in [0.15, 0.2) is 18.2 Å². The summed E-state index contributed by atoms with van der Waals surface area (Å²) in [5.74, 6) is -0.744. The minimum Gasteiger partial charge on any atom is -0.323 e. The van der Waals surface area contributed by atoms with Crippen LogP contribution in [0.4, 0.5) is 9.18 Å². The lowest BCUT2D eigenvalue weighted by Gasteiger charge is -2.36. The Hall–Kier alpha value is -2.42. The van der Waals surface area contributed by atoms with E-state index in [9.17, 15) is 14.0 Å². The van der Waals surface area contributed by atoms with E-state index < -0.39 is 17.4 Å². The van der Waals surface area contributed by atoms with Gasteiger partial charge in [-0.3, -0.25) is 9.69 Å². The second-order valence-electron chi connectivity index (χ2n) is 6.36. The third kappa shape index (κ3) is 2.46. The predicted octanol–water partition coefficient (Wildman–Crippen LogP) is 2.70. The zero-order valence-electron chi connectivity index (χ0n) is 12.9. The number of nitrogens with zero attached hydrogens (tertiary/aromatic N) is 2. The van der Waals surface area contributed by atoms with Crippen molar-refractivity contribution in [1.29, 1.82) is 5.26 Å². The Balaban J connectivity index is 1.88. The van der Waals surface area contributed by atoms with Gasteiger partial charge in [-0.2, -0.15) is 5.26 Å². The number of halogens is 1. The molecule has 0 bridgehead atoms. The van der Waals surface area contributed by atoms with Crippen LogP contribution in [-0.4, -0.2) is 22.4 Å². The Morgan fingerprint density at radius 1 is 1.43 bits per heavy atom. The molecule has 2 aliphatic rings. The summed E-state index contributed by atoms with van der Waals surface area (Å²) < 4.78 is 13.9. The molecule has 1 aromatic rings. The standard InChI is InChI=1S/C17H18FN3O2/c1-11-4-2-3-7-17(11)15(22)21(16(23)20-17)10-13-8-12(9-19)5-6-14(13)18/h5-6,8,11H,2-4,7,10H2,1H3,(H,20,23)/t11-,17-/m1/s1. The Morgan fingerprint density at radius 3 is 2.91 bits per heavy atom. The molecule has 1 saturated carbocycles. The molecule has 1 spiro atoms. The number of urea groups is 1. The second-order valence-corrected chi connectivity index (χ2v) is 6.36. The normalized spacial score (nSPS) is 27.2. The highest BCUT2D eigenvalue weighted by atomic mass is 19.1. The van der Waals surface area contributed by atoms with E-state index in [0.29, 0.717) is 12.0 Å². The summed E-state index contributed by atoms with van der Waals surface area (Å²) in [6.45, 7) is 1.82. The van der Waals surface area contributed by atoms with Gasteiger partial charge in [-0.25, -0.2) is 9.18 Å². The first kappa shape index (κ1) is 15.5. The number of nitrogens with one attached hydrogen (secondary N) is 1. The van der Waals surface area contributed by atoms with Crippen LogP contribution >= 0.6 is 0 Å². The van der Waals surface area contributed by atoms with Gasteiger partial charge in [0.1, 0.15) is 11.4 Å². The molecule has 23 heavy (non-hydrogen) atoms. The average Bonchev–Trinajstić information content (AvgIpc) is 2.77. The summed E-state index contributed by atoms with van der Waals surface area (Å²) in [4.78, 5) is 26.2. The third-order valence-electron chi connectivity index (χ3n) is 5.00. The molecule has 5 nitrogen and oxygen atoms in total. The fraction of sp³-hybridized carbons (Fsp3) is 0.471. The molecule has 1 aromatic carbocycles. The molecule has 2 atom stereocenters. The maximum absolute atomic E-state index is 13.9. The molecule has 1 heterocycles. The molecule has 120 valence electrons. The van der Waals surface area contributed by atoms with E-state index in [0.717, 1.165) is 24.2 Å². The van der Waals surface area contributed by atoms with Crippen molar-refractivity contribution in [3.05, 3.63) is 35.1 Å². The van der Waals surface area contributed by atoms with E-state index in [-0.39, 0.29) is 23.9 Å². The molecule has 6 heteroatoms. The van der Waals surface area contributed by atoms with E-state index in [1.807, 2.05) is 13.0 Å². The Morgan fingerprint density at radius 2 is 2.22 bits per heavy atom. The van der Waals surface area contributed by atoms with Gasteiger partial charge in [0.05, 0.1) is 18.2 Å². The molecule has 2 fully saturated rings. The number of carbonyl (C=O) groups is 2. The molecule has 0 radical (unpaired) electrons. The van der Waals surface area contributed by atoms with Crippen molar-refractivity contribution in [2.24, 2.45) is 5.92 Å². The lowest BCUT2D eigenvalue weighted by Crippen LogP contribution is -2.53. The molecule has 1 aliphatic carbocycles. The molecule has 1 N–H and O–H groups in total. The van der Waals surface area contributed by atoms with Gasteiger partial charge in [-0.15, -0.1) is 0 Å². The minimum absolute atomic E-state index is 0.0630. The largest absolute Gasteiger partial charge is 0.325 e. The quantitative estimate of drug-likeness (QED) is 0.853. The highest BCUT2D eigenvalue weighted by molar-refractivity contribution is 6.07. The fourth-order valence-corrected chi connectivity index (χ4v) is 3.57. The Kier molecular flexibility index (Phi) is 3.80. The van der Waals surface area contributed by atoms with Gasteiger partial charge in [-0.1, -0.05) is 19.8 Å². The summed E-state index contributed by atoms with van der Waals surface area (Å²) in [5, 5.41) is 11.8. The zero-order chi connectivity index (χ0) is 16.6. The molecule has 1 aliphatic heterocycles. The van der Waals surface area contributed by atoms with Gasteiger partial charge in [0.25, 0.3) is 5.91 Å². The SMILES string of the molecule is C[C@@H]1CCCC[C@@]12NC(=O)N(Cc1cc(C#N)ccc1F)C2=O. The topological polar surface area (TPSA) is 73.2 Å². The van der Waals surface area contributed by atoms with E-state index in [2.05, 4.69) is 5.32 Å². The molecular weight excluding hydrogens is 297 g/mol. The Labute approximate surface area is 134 Å². The maximum atomic E-state index is 13.9. The van der Waals surface area contributed by atoms with Crippen molar-refractivity contribution in [3.63, 3.8) is 0 Å². The van der Waals surface area contributed by atoms with Crippen LogP contribution in [0.5, 0.6) is 0 Å². The van der Waals surface area contributed by atoms with Gasteiger partial charge in [-0.05, 0) is 37.0 Å².